The first-order valence-electron chi connectivity index (χ1n) is 5.71. The Hall–Kier alpha value is -1.56. The van der Waals surface area contributed by atoms with Crippen LogP contribution in [0.15, 0.2) is 29.3 Å². The Morgan fingerprint density at radius 1 is 1.42 bits per heavy atom. The Balaban J connectivity index is 2.38. The number of carbonyl (C=O) groups excluding carboxylic acids is 1. The lowest BCUT2D eigenvalue weighted by molar-refractivity contribution is -0.112. The lowest BCUT2D eigenvalue weighted by Crippen LogP contribution is -2.09. The summed E-state index contributed by atoms with van der Waals surface area (Å²) in [5.74, 6) is 0.0383. The Kier molecular flexibility index (Phi) is 4.09. The third kappa shape index (κ3) is 2.89. The predicted octanol–water partition coefficient (Wildman–Crippen LogP) is 2.88. The van der Waals surface area contributed by atoms with Crippen molar-refractivity contribution in [3.05, 3.63) is 34.9 Å². The average Bonchev–Trinajstić information content (AvgIpc) is 2.65. The van der Waals surface area contributed by atoms with Crippen LogP contribution in [0.3, 0.4) is 0 Å². The quantitative estimate of drug-likeness (QED) is 0.923. The van der Waals surface area contributed by atoms with E-state index in [1.807, 2.05) is 6.92 Å². The molecule has 1 atom stereocenters. The molecule has 1 aromatic rings. The number of halogens is 2. The lowest BCUT2D eigenvalue weighted by Gasteiger charge is -2.08. The minimum atomic E-state index is -2.87. The van der Waals surface area contributed by atoms with Gasteiger partial charge < -0.3 is 10.1 Å². The van der Waals surface area contributed by atoms with Gasteiger partial charge >= 0.3 is 6.61 Å². The van der Waals surface area contributed by atoms with Crippen LogP contribution in [0.25, 0.3) is 5.57 Å². The van der Waals surface area contributed by atoms with Gasteiger partial charge in [0.2, 0.25) is 0 Å². The van der Waals surface area contributed by atoms with Crippen molar-refractivity contribution in [3.8, 4) is 5.75 Å². The van der Waals surface area contributed by atoms with E-state index in [-0.39, 0.29) is 16.8 Å². The largest absolute Gasteiger partial charge is 0.435 e. The van der Waals surface area contributed by atoms with Crippen molar-refractivity contribution in [3.63, 3.8) is 0 Å². The maximum atomic E-state index is 12.2. The second-order valence-corrected chi connectivity index (χ2v) is 5.34. The number of allylic oxidation sites excluding steroid dienone is 1. The van der Waals surface area contributed by atoms with Gasteiger partial charge in [0.15, 0.2) is 5.78 Å². The van der Waals surface area contributed by atoms with Crippen LogP contribution in [0.5, 0.6) is 5.75 Å². The molecule has 1 aliphatic heterocycles. The van der Waals surface area contributed by atoms with Gasteiger partial charge in [-0.3, -0.25) is 4.79 Å². The van der Waals surface area contributed by atoms with Crippen molar-refractivity contribution in [1.29, 1.82) is 0 Å². The average molecular weight is 285 g/mol. The van der Waals surface area contributed by atoms with Gasteiger partial charge in [-0.2, -0.15) is 8.78 Å². The summed E-state index contributed by atoms with van der Waals surface area (Å²) in [7, 11) is 1.73. The number of thioether (sulfide) groups is 1. The maximum Gasteiger partial charge on any atom is 0.387 e. The molecule has 1 heterocycles. The number of benzene rings is 1. The minimum Gasteiger partial charge on any atom is -0.435 e. The first-order chi connectivity index (χ1) is 9.02. The molecule has 1 unspecified atom stereocenters. The normalized spacial score (nSPS) is 19.2. The smallest absolute Gasteiger partial charge is 0.387 e. The Bertz CT molecular complexity index is 531. The van der Waals surface area contributed by atoms with Crippen LogP contribution in [-0.4, -0.2) is 24.7 Å². The molecule has 0 spiro atoms. The van der Waals surface area contributed by atoms with E-state index in [0.717, 1.165) is 5.03 Å². The highest BCUT2D eigenvalue weighted by atomic mass is 32.2. The van der Waals surface area contributed by atoms with Gasteiger partial charge in [0, 0.05) is 7.05 Å². The molecule has 0 amide bonds. The van der Waals surface area contributed by atoms with E-state index in [2.05, 4.69) is 10.1 Å². The molecule has 1 aliphatic rings. The molecular formula is C13H13F2NO2S. The van der Waals surface area contributed by atoms with Crippen molar-refractivity contribution in [2.45, 2.75) is 18.8 Å². The molecule has 0 bridgehead atoms. The fourth-order valence-electron chi connectivity index (χ4n) is 1.89. The van der Waals surface area contributed by atoms with E-state index in [0.29, 0.717) is 11.1 Å². The summed E-state index contributed by atoms with van der Waals surface area (Å²) in [6, 6.07) is 6.19. The number of hydrogen-bond acceptors (Lipinski definition) is 4. The van der Waals surface area contributed by atoms with Crippen LogP contribution in [0.1, 0.15) is 12.5 Å². The van der Waals surface area contributed by atoms with Crippen molar-refractivity contribution in [2.75, 3.05) is 7.05 Å². The molecule has 0 fully saturated rings. The zero-order valence-electron chi connectivity index (χ0n) is 10.4. The van der Waals surface area contributed by atoms with Crippen molar-refractivity contribution in [1.82, 2.24) is 5.32 Å². The Morgan fingerprint density at radius 3 is 2.79 bits per heavy atom. The summed E-state index contributed by atoms with van der Waals surface area (Å²) in [5, 5.41) is 3.55. The highest BCUT2D eigenvalue weighted by molar-refractivity contribution is 8.05. The standard InChI is InChI=1S/C13H13F2NO2S/c1-7-11(17)10(12(16-2)19-7)8-4-3-5-9(6-8)18-13(14)15/h3-7,13,16H,1-2H3. The summed E-state index contributed by atoms with van der Waals surface area (Å²) in [4.78, 5) is 12.1. The topological polar surface area (TPSA) is 38.3 Å². The summed E-state index contributed by atoms with van der Waals surface area (Å²) in [6.07, 6.45) is 0. The molecular weight excluding hydrogens is 272 g/mol. The van der Waals surface area contributed by atoms with E-state index < -0.39 is 6.61 Å². The van der Waals surface area contributed by atoms with Crippen molar-refractivity contribution >= 4 is 23.1 Å². The second kappa shape index (κ2) is 5.61. The molecule has 1 N–H and O–H groups in total. The minimum absolute atomic E-state index is 0.0106. The third-order valence-corrected chi connectivity index (χ3v) is 3.92. The first-order valence-corrected chi connectivity index (χ1v) is 6.59. The van der Waals surface area contributed by atoms with Crippen LogP contribution in [0.4, 0.5) is 8.78 Å². The molecule has 2 rings (SSSR count). The molecule has 102 valence electrons. The van der Waals surface area contributed by atoms with E-state index >= 15 is 0 Å². The first kappa shape index (κ1) is 13.9. The van der Waals surface area contributed by atoms with Crippen molar-refractivity contribution in [2.24, 2.45) is 0 Å². The summed E-state index contributed by atoms with van der Waals surface area (Å²) >= 11 is 1.43. The number of hydrogen-bond donors (Lipinski definition) is 1. The SMILES string of the molecule is CNC1=C(c2cccc(OC(F)F)c2)C(=O)C(C)S1. The van der Waals surface area contributed by atoms with Gasteiger partial charge in [-0.1, -0.05) is 23.9 Å². The number of rotatable bonds is 4. The molecule has 0 aromatic heterocycles. The molecule has 0 saturated carbocycles. The van der Waals surface area contributed by atoms with Gasteiger partial charge in [-0.25, -0.2) is 0 Å². The van der Waals surface area contributed by atoms with Gasteiger partial charge in [0.05, 0.1) is 15.9 Å². The predicted molar refractivity (Wildman–Crippen MR) is 71.1 cm³/mol. The van der Waals surface area contributed by atoms with E-state index in [1.165, 1.54) is 23.9 Å². The number of ketones is 1. The zero-order chi connectivity index (χ0) is 14.0. The number of alkyl halides is 2. The highest BCUT2D eigenvalue weighted by Gasteiger charge is 2.31. The monoisotopic (exact) mass is 285 g/mol. The number of Topliss-reactive ketones (excluding diaryl/α,β-unsaturated/α-hetero) is 1. The second-order valence-electron chi connectivity index (χ2n) is 3.98. The third-order valence-electron chi connectivity index (χ3n) is 2.71. The molecule has 1 aromatic carbocycles. The van der Waals surface area contributed by atoms with E-state index in [9.17, 15) is 13.6 Å². The van der Waals surface area contributed by atoms with Crippen LogP contribution < -0.4 is 10.1 Å². The van der Waals surface area contributed by atoms with Gasteiger partial charge in [-0.15, -0.1) is 0 Å². The summed E-state index contributed by atoms with van der Waals surface area (Å²) in [5.41, 5.74) is 1.11. The van der Waals surface area contributed by atoms with Crippen LogP contribution in [0, 0.1) is 0 Å². The molecule has 3 nitrogen and oxygen atoms in total. The van der Waals surface area contributed by atoms with Crippen molar-refractivity contribution < 1.29 is 18.3 Å². The summed E-state index contributed by atoms with van der Waals surface area (Å²) in [6.45, 7) is -1.06. The number of carbonyl (C=O) groups is 1. The van der Waals surface area contributed by atoms with E-state index in [1.54, 1.807) is 19.2 Å². The number of nitrogens with one attached hydrogen (secondary N) is 1. The van der Waals surface area contributed by atoms with Crippen LogP contribution in [-0.2, 0) is 4.79 Å². The summed E-state index contributed by atoms with van der Waals surface area (Å²) < 4.78 is 28.7. The molecule has 0 radical (unpaired) electrons. The van der Waals surface area contributed by atoms with Crippen LogP contribution >= 0.6 is 11.8 Å². The molecule has 19 heavy (non-hydrogen) atoms. The fraction of sp³-hybridized carbons (Fsp3) is 0.308. The highest BCUT2D eigenvalue weighted by Crippen LogP contribution is 2.39. The molecule has 0 aliphatic carbocycles. The molecule has 0 saturated heterocycles. The maximum absolute atomic E-state index is 12.2. The molecule has 6 heteroatoms. The van der Waals surface area contributed by atoms with E-state index in [4.69, 9.17) is 0 Å². The lowest BCUT2D eigenvalue weighted by atomic mass is 10.0. The van der Waals surface area contributed by atoms with Gasteiger partial charge in [0.1, 0.15) is 5.75 Å². The Morgan fingerprint density at radius 2 is 2.16 bits per heavy atom. The van der Waals surface area contributed by atoms with Gasteiger partial charge in [0.25, 0.3) is 0 Å². The Labute approximate surface area is 114 Å². The van der Waals surface area contributed by atoms with Crippen LogP contribution in [0.2, 0.25) is 0 Å². The van der Waals surface area contributed by atoms with Gasteiger partial charge in [-0.05, 0) is 24.6 Å². The zero-order valence-corrected chi connectivity index (χ0v) is 11.3. The fourth-order valence-corrected chi connectivity index (χ4v) is 2.92. The number of ether oxygens (including phenoxy) is 1.